The van der Waals surface area contributed by atoms with Crippen LogP contribution in [0.15, 0.2) is 0 Å². The molecule has 17 heavy (non-hydrogen) atoms. The minimum absolute atomic E-state index is 0.582. The lowest BCUT2D eigenvalue weighted by molar-refractivity contribution is 0.0283. The van der Waals surface area contributed by atoms with Crippen molar-refractivity contribution in [3.05, 3.63) is 0 Å². The second-order valence-corrected chi connectivity index (χ2v) is 5.78. The first-order valence-electron chi connectivity index (χ1n) is 6.98. The highest BCUT2D eigenvalue weighted by molar-refractivity contribution is 7.80. The second kappa shape index (κ2) is 6.01. The third-order valence-electron chi connectivity index (χ3n) is 4.17. The molecule has 4 heteroatoms. The van der Waals surface area contributed by atoms with Gasteiger partial charge in [-0.25, -0.2) is 0 Å². The number of nitrogens with zero attached hydrogens (tertiary/aromatic N) is 1. The molecule has 2 saturated heterocycles. The van der Waals surface area contributed by atoms with Crippen molar-refractivity contribution in [2.75, 3.05) is 13.6 Å². The second-order valence-electron chi connectivity index (χ2n) is 5.37. The predicted octanol–water partition coefficient (Wildman–Crippen LogP) is 1.88. The predicted molar refractivity (Wildman–Crippen MR) is 76.2 cm³/mol. The van der Waals surface area contributed by atoms with Gasteiger partial charge >= 0.3 is 0 Å². The Bertz CT molecular complexity index is 255. The summed E-state index contributed by atoms with van der Waals surface area (Å²) in [4.78, 5) is 2.75. The Labute approximate surface area is 110 Å². The summed E-state index contributed by atoms with van der Waals surface area (Å²) in [5, 5.41) is 7.28. The number of hydrogen-bond acceptors (Lipinski definition) is 2. The Morgan fingerprint density at radius 3 is 2.47 bits per heavy atom. The molecule has 0 aromatic carbocycles. The van der Waals surface area contributed by atoms with Gasteiger partial charge < -0.3 is 10.6 Å². The van der Waals surface area contributed by atoms with Crippen LogP contribution in [-0.2, 0) is 0 Å². The minimum atomic E-state index is 0.582. The van der Waals surface area contributed by atoms with Gasteiger partial charge in [-0.05, 0) is 50.9 Å². The van der Waals surface area contributed by atoms with Crippen molar-refractivity contribution in [3.63, 3.8) is 0 Å². The van der Waals surface area contributed by atoms with Gasteiger partial charge in [0.25, 0.3) is 0 Å². The van der Waals surface area contributed by atoms with Crippen molar-refractivity contribution in [2.24, 2.45) is 0 Å². The zero-order valence-electron chi connectivity index (χ0n) is 11.0. The van der Waals surface area contributed by atoms with Crippen LogP contribution in [0.5, 0.6) is 0 Å². The molecule has 2 aliphatic heterocycles. The number of thiocarbonyl (C=S) groups is 1. The standard InChI is InChI=1S/C13H25N3S/c1-3-7-16-11-5-4-6-12(16)9-10(8-11)15-13(17)14-2/h10-12H,3-9H2,1-2H3,(H2,14,15,17)/t11-,12-/m1/s1. The highest BCUT2D eigenvalue weighted by Gasteiger charge is 2.37. The minimum Gasteiger partial charge on any atom is -0.366 e. The van der Waals surface area contributed by atoms with Crippen LogP contribution in [0.2, 0.25) is 0 Å². The molecule has 0 aliphatic carbocycles. The molecule has 2 rings (SSSR count). The molecule has 3 nitrogen and oxygen atoms in total. The third kappa shape index (κ3) is 3.10. The van der Waals surface area contributed by atoms with Crippen LogP contribution < -0.4 is 10.6 Å². The molecule has 2 atom stereocenters. The summed E-state index contributed by atoms with van der Waals surface area (Å²) in [7, 11) is 1.89. The topological polar surface area (TPSA) is 27.3 Å². The van der Waals surface area contributed by atoms with Crippen LogP contribution in [0.25, 0.3) is 0 Å². The lowest BCUT2D eigenvalue weighted by Gasteiger charge is -2.49. The molecule has 0 radical (unpaired) electrons. The Morgan fingerprint density at radius 1 is 1.29 bits per heavy atom. The molecule has 2 N–H and O–H groups in total. The van der Waals surface area contributed by atoms with Gasteiger partial charge in [0.15, 0.2) is 5.11 Å². The Hall–Kier alpha value is -0.350. The number of rotatable bonds is 3. The fraction of sp³-hybridized carbons (Fsp3) is 0.923. The summed E-state index contributed by atoms with van der Waals surface area (Å²) >= 11 is 5.21. The van der Waals surface area contributed by atoms with Crippen molar-refractivity contribution in [1.82, 2.24) is 15.5 Å². The van der Waals surface area contributed by atoms with E-state index in [4.69, 9.17) is 12.2 Å². The first-order valence-corrected chi connectivity index (χ1v) is 7.39. The van der Waals surface area contributed by atoms with E-state index in [1.165, 1.54) is 45.1 Å². The van der Waals surface area contributed by atoms with Crippen LogP contribution in [0.1, 0.15) is 45.4 Å². The third-order valence-corrected chi connectivity index (χ3v) is 4.49. The first-order chi connectivity index (χ1) is 8.24. The molecule has 98 valence electrons. The fourth-order valence-corrected chi connectivity index (χ4v) is 3.64. The lowest BCUT2D eigenvalue weighted by atomic mass is 9.81. The smallest absolute Gasteiger partial charge is 0.166 e. The van der Waals surface area contributed by atoms with Gasteiger partial charge in [-0.1, -0.05) is 13.3 Å². The normalized spacial score (nSPS) is 33.2. The average molecular weight is 255 g/mol. The van der Waals surface area contributed by atoms with Crippen molar-refractivity contribution in [2.45, 2.75) is 63.6 Å². The van der Waals surface area contributed by atoms with Crippen LogP contribution in [-0.4, -0.2) is 41.7 Å². The summed E-state index contributed by atoms with van der Waals surface area (Å²) in [6.07, 6.45) is 7.97. The quantitative estimate of drug-likeness (QED) is 0.753. The number of piperidine rings is 2. The fourth-order valence-electron chi connectivity index (χ4n) is 3.48. The van der Waals surface area contributed by atoms with E-state index in [1.807, 2.05) is 7.05 Å². The Morgan fingerprint density at radius 2 is 1.94 bits per heavy atom. The van der Waals surface area contributed by atoms with Gasteiger partial charge in [-0.3, -0.25) is 4.90 Å². The van der Waals surface area contributed by atoms with E-state index in [0.717, 1.165) is 17.2 Å². The van der Waals surface area contributed by atoms with Crippen LogP contribution in [0, 0.1) is 0 Å². The molecular formula is C13H25N3S. The molecule has 0 aromatic rings. The molecule has 2 bridgehead atoms. The highest BCUT2D eigenvalue weighted by atomic mass is 32.1. The average Bonchev–Trinajstić information content (AvgIpc) is 2.30. The highest BCUT2D eigenvalue weighted by Crippen LogP contribution is 2.33. The van der Waals surface area contributed by atoms with E-state index in [9.17, 15) is 0 Å². The zero-order chi connectivity index (χ0) is 12.3. The summed E-state index contributed by atoms with van der Waals surface area (Å²) in [5.41, 5.74) is 0. The van der Waals surface area contributed by atoms with Gasteiger partial charge in [0.1, 0.15) is 0 Å². The maximum Gasteiger partial charge on any atom is 0.166 e. The van der Waals surface area contributed by atoms with Gasteiger partial charge in [0.05, 0.1) is 0 Å². The first kappa shape index (κ1) is 13.1. The number of nitrogens with one attached hydrogen (secondary N) is 2. The summed E-state index contributed by atoms with van der Waals surface area (Å²) in [5.74, 6) is 0. The summed E-state index contributed by atoms with van der Waals surface area (Å²) in [6.45, 7) is 3.56. The molecular weight excluding hydrogens is 230 g/mol. The van der Waals surface area contributed by atoms with E-state index in [-0.39, 0.29) is 0 Å². The van der Waals surface area contributed by atoms with E-state index in [0.29, 0.717) is 6.04 Å². The Balaban J connectivity index is 1.94. The SMILES string of the molecule is CCCN1[C@@H]2CCC[C@@H]1CC(NC(=S)NC)C2. The van der Waals surface area contributed by atoms with E-state index >= 15 is 0 Å². The maximum absolute atomic E-state index is 5.21. The van der Waals surface area contributed by atoms with Crippen molar-refractivity contribution >= 4 is 17.3 Å². The van der Waals surface area contributed by atoms with E-state index in [1.54, 1.807) is 0 Å². The van der Waals surface area contributed by atoms with Gasteiger partial charge in [0, 0.05) is 25.2 Å². The summed E-state index contributed by atoms with van der Waals surface area (Å²) < 4.78 is 0. The van der Waals surface area contributed by atoms with Gasteiger partial charge in [-0.15, -0.1) is 0 Å². The maximum atomic E-state index is 5.21. The molecule has 0 unspecified atom stereocenters. The number of hydrogen-bond donors (Lipinski definition) is 2. The van der Waals surface area contributed by atoms with Crippen LogP contribution in [0.4, 0.5) is 0 Å². The molecule has 0 aromatic heterocycles. The molecule has 2 fully saturated rings. The van der Waals surface area contributed by atoms with Gasteiger partial charge in [0.2, 0.25) is 0 Å². The Kier molecular flexibility index (Phi) is 4.62. The van der Waals surface area contributed by atoms with Crippen molar-refractivity contribution in [3.8, 4) is 0 Å². The monoisotopic (exact) mass is 255 g/mol. The lowest BCUT2D eigenvalue weighted by Crippen LogP contribution is -2.57. The largest absolute Gasteiger partial charge is 0.366 e. The molecule has 2 heterocycles. The van der Waals surface area contributed by atoms with Crippen LogP contribution >= 0.6 is 12.2 Å². The molecule has 0 amide bonds. The van der Waals surface area contributed by atoms with Crippen molar-refractivity contribution in [1.29, 1.82) is 0 Å². The van der Waals surface area contributed by atoms with Crippen molar-refractivity contribution < 1.29 is 0 Å². The number of fused-ring (bicyclic) bond motifs is 2. The molecule has 2 aliphatic rings. The van der Waals surface area contributed by atoms with E-state index < -0.39 is 0 Å². The van der Waals surface area contributed by atoms with Gasteiger partial charge in [-0.2, -0.15) is 0 Å². The molecule has 0 spiro atoms. The zero-order valence-corrected chi connectivity index (χ0v) is 11.9. The van der Waals surface area contributed by atoms with E-state index in [2.05, 4.69) is 22.5 Å². The molecule has 0 saturated carbocycles. The van der Waals surface area contributed by atoms with Crippen LogP contribution in [0.3, 0.4) is 0 Å². The summed E-state index contributed by atoms with van der Waals surface area (Å²) in [6, 6.07) is 2.16.